The normalized spacial score (nSPS) is 30.5. The van der Waals surface area contributed by atoms with Crippen molar-refractivity contribution in [3.63, 3.8) is 0 Å². The van der Waals surface area contributed by atoms with E-state index in [2.05, 4.69) is 30.7 Å². The summed E-state index contributed by atoms with van der Waals surface area (Å²) in [5, 5.41) is 7.19. The maximum atomic E-state index is 7.19. The Balaban J connectivity index is 2.38. The molecule has 0 aromatic carbocycles. The van der Waals surface area contributed by atoms with Gasteiger partial charge in [-0.1, -0.05) is 0 Å². The number of likely N-dealkylation sites (N-methyl/N-ethyl adjacent to an activating group) is 1. The highest BCUT2D eigenvalue weighted by Crippen LogP contribution is 2.13. The molecule has 0 saturated carbocycles. The van der Waals surface area contributed by atoms with Crippen LogP contribution in [0.3, 0.4) is 0 Å². The summed E-state index contributed by atoms with van der Waals surface area (Å²) in [6.45, 7) is 7.60. The molecule has 82 valence electrons. The molecule has 4 heteroatoms. The number of amidine groups is 1. The van der Waals surface area contributed by atoms with Gasteiger partial charge < -0.3 is 5.73 Å². The van der Waals surface area contributed by atoms with Crippen molar-refractivity contribution in [2.45, 2.75) is 32.4 Å². The summed E-state index contributed by atoms with van der Waals surface area (Å²) in [6.07, 6.45) is 0.698. The van der Waals surface area contributed by atoms with Crippen LogP contribution in [0.5, 0.6) is 0 Å². The zero-order valence-electron chi connectivity index (χ0n) is 9.45. The van der Waals surface area contributed by atoms with Crippen molar-refractivity contribution in [1.29, 1.82) is 5.41 Å². The number of nitrogens with one attached hydrogen (secondary N) is 1. The lowest BCUT2D eigenvalue weighted by Gasteiger charge is -2.42. The first-order valence-electron chi connectivity index (χ1n) is 5.28. The van der Waals surface area contributed by atoms with Gasteiger partial charge in [0.15, 0.2) is 0 Å². The second-order valence-corrected chi connectivity index (χ2v) is 4.40. The first-order chi connectivity index (χ1) is 6.50. The molecule has 4 nitrogen and oxygen atoms in total. The van der Waals surface area contributed by atoms with Crippen LogP contribution < -0.4 is 5.73 Å². The molecule has 1 aliphatic rings. The van der Waals surface area contributed by atoms with Crippen LogP contribution in [-0.2, 0) is 0 Å². The topological polar surface area (TPSA) is 56.4 Å². The van der Waals surface area contributed by atoms with Crippen LogP contribution >= 0.6 is 0 Å². The number of rotatable bonds is 3. The maximum Gasteiger partial charge on any atom is 0.0918 e. The number of hydrogen-bond acceptors (Lipinski definition) is 3. The van der Waals surface area contributed by atoms with Gasteiger partial charge in [-0.3, -0.25) is 15.2 Å². The summed E-state index contributed by atoms with van der Waals surface area (Å²) in [7, 11) is 2.18. The molecule has 0 amide bonds. The summed E-state index contributed by atoms with van der Waals surface area (Å²) in [5.74, 6) is 0.296. The molecule has 1 saturated heterocycles. The van der Waals surface area contributed by atoms with Gasteiger partial charge in [-0.25, -0.2) is 0 Å². The SMILES string of the molecule is CC1CN(CCC(=N)N)CC(C)N1C. The standard InChI is InChI=1S/C10H22N4/c1-8-6-14(5-4-10(11)12)7-9(2)13(8)3/h8-9H,4-7H2,1-3H3,(H3,11,12). The molecule has 2 unspecified atom stereocenters. The van der Waals surface area contributed by atoms with E-state index in [4.69, 9.17) is 11.1 Å². The third kappa shape index (κ3) is 2.96. The van der Waals surface area contributed by atoms with Crippen molar-refractivity contribution in [2.75, 3.05) is 26.7 Å². The van der Waals surface area contributed by atoms with E-state index in [1.165, 1.54) is 0 Å². The lowest BCUT2D eigenvalue weighted by Crippen LogP contribution is -2.55. The van der Waals surface area contributed by atoms with Gasteiger partial charge in [0.05, 0.1) is 5.84 Å². The van der Waals surface area contributed by atoms with E-state index < -0.39 is 0 Å². The van der Waals surface area contributed by atoms with Gasteiger partial charge in [-0.15, -0.1) is 0 Å². The van der Waals surface area contributed by atoms with Gasteiger partial charge in [0.25, 0.3) is 0 Å². The minimum absolute atomic E-state index is 0.296. The Morgan fingerprint density at radius 3 is 2.29 bits per heavy atom. The highest BCUT2D eigenvalue weighted by Gasteiger charge is 2.25. The van der Waals surface area contributed by atoms with E-state index >= 15 is 0 Å². The molecule has 0 radical (unpaired) electrons. The fourth-order valence-corrected chi connectivity index (χ4v) is 1.98. The summed E-state index contributed by atoms with van der Waals surface area (Å²) >= 11 is 0. The first kappa shape index (κ1) is 11.5. The minimum atomic E-state index is 0.296. The molecular weight excluding hydrogens is 176 g/mol. The maximum absolute atomic E-state index is 7.19. The predicted octanol–water partition coefficient (Wildman–Crippen LogP) is 0.337. The van der Waals surface area contributed by atoms with Crippen molar-refractivity contribution in [1.82, 2.24) is 9.80 Å². The molecule has 0 aromatic rings. The molecule has 1 heterocycles. The zero-order valence-corrected chi connectivity index (χ0v) is 9.45. The Hall–Kier alpha value is -0.610. The predicted molar refractivity (Wildman–Crippen MR) is 59.7 cm³/mol. The molecule has 0 bridgehead atoms. The van der Waals surface area contributed by atoms with Gasteiger partial charge in [-0.05, 0) is 20.9 Å². The van der Waals surface area contributed by atoms with Crippen molar-refractivity contribution < 1.29 is 0 Å². The Kier molecular flexibility index (Phi) is 3.89. The van der Waals surface area contributed by atoms with Crippen molar-refractivity contribution in [3.8, 4) is 0 Å². The smallest absolute Gasteiger partial charge is 0.0918 e. The van der Waals surface area contributed by atoms with E-state index in [-0.39, 0.29) is 0 Å². The van der Waals surface area contributed by atoms with E-state index in [1.807, 2.05) is 0 Å². The Morgan fingerprint density at radius 1 is 1.36 bits per heavy atom. The Labute approximate surface area is 86.6 Å². The zero-order chi connectivity index (χ0) is 10.7. The highest BCUT2D eigenvalue weighted by atomic mass is 15.3. The quantitative estimate of drug-likeness (QED) is 0.508. The number of hydrogen-bond donors (Lipinski definition) is 2. The van der Waals surface area contributed by atoms with Crippen LogP contribution in [0.1, 0.15) is 20.3 Å². The first-order valence-corrected chi connectivity index (χ1v) is 5.28. The summed E-state index contributed by atoms with van der Waals surface area (Å²) in [5.41, 5.74) is 5.35. The molecule has 0 aromatic heterocycles. The lowest BCUT2D eigenvalue weighted by atomic mass is 10.1. The van der Waals surface area contributed by atoms with Crippen LogP contribution in [0.4, 0.5) is 0 Å². The number of nitrogens with two attached hydrogens (primary N) is 1. The fraction of sp³-hybridized carbons (Fsp3) is 0.900. The van der Waals surface area contributed by atoms with Gasteiger partial charge in [0, 0.05) is 38.1 Å². The minimum Gasteiger partial charge on any atom is -0.388 e. The summed E-state index contributed by atoms with van der Waals surface area (Å²) in [4.78, 5) is 4.81. The highest BCUT2D eigenvalue weighted by molar-refractivity contribution is 5.76. The average Bonchev–Trinajstić information content (AvgIpc) is 2.10. The monoisotopic (exact) mass is 198 g/mol. The second kappa shape index (κ2) is 4.75. The third-order valence-corrected chi connectivity index (χ3v) is 3.13. The van der Waals surface area contributed by atoms with Crippen molar-refractivity contribution >= 4 is 5.84 Å². The van der Waals surface area contributed by atoms with E-state index in [0.717, 1.165) is 19.6 Å². The largest absolute Gasteiger partial charge is 0.388 e. The number of piperazine rings is 1. The molecule has 1 rings (SSSR count). The molecule has 1 fully saturated rings. The second-order valence-electron chi connectivity index (χ2n) is 4.40. The van der Waals surface area contributed by atoms with Gasteiger partial charge >= 0.3 is 0 Å². The van der Waals surface area contributed by atoms with E-state index in [1.54, 1.807) is 0 Å². The lowest BCUT2D eigenvalue weighted by molar-refractivity contribution is 0.0618. The average molecular weight is 198 g/mol. The van der Waals surface area contributed by atoms with Crippen LogP contribution in [0, 0.1) is 5.41 Å². The van der Waals surface area contributed by atoms with Crippen molar-refractivity contribution in [2.24, 2.45) is 5.73 Å². The molecule has 3 N–H and O–H groups in total. The van der Waals surface area contributed by atoms with Gasteiger partial charge in [-0.2, -0.15) is 0 Å². The van der Waals surface area contributed by atoms with Crippen LogP contribution in [0.2, 0.25) is 0 Å². The van der Waals surface area contributed by atoms with Crippen LogP contribution in [0.25, 0.3) is 0 Å². The van der Waals surface area contributed by atoms with Gasteiger partial charge in [0.2, 0.25) is 0 Å². The Bertz CT molecular complexity index is 192. The molecule has 0 aliphatic carbocycles. The van der Waals surface area contributed by atoms with E-state index in [0.29, 0.717) is 24.3 Å². The van der Waals surface area contributed by atoms with Crippen molar-refractivity contribution in [3.05, 3.63) is 0 Å². The van der Waals surface area contributed by atoms with Crippen LogP contribution in [0.15, 0.2) is 0 Å². The molecule has 2 atom stereocenters. The van der Waals surface area contributed by atoms with E-state index in [9.17, 15) is 0 Å². The molecule has 0 spiro atoms. The summed E-state index contributed by atoms with van der Waals surface area (Å²) < 4.78 is 0. The number of nitrogens with zero attached hydrogens (tertiary/aromatic N) is 2. The fourth-order valence-electron chi connectivity index (χ4n) is 1.98. The molecule has 1 aliphatic heterocycles. The Morgan fingerprint density at radius 2 is 1.86 bits per heavy atom. The van der Waals surface area contributed by atoms with Gasteiger partial charge in [0.1, 0.15) is 0 Å². The third-order valence-electron chi connectivity index (χ3n) is 3.13. The molecular formula is C10H22N4. The molecule has 14 heavy (non-hydrogen) atoms. The van der Waals surface area contributed by atoms with Crippen LogP contribution in [-0.4, -0.2) is 54.4 Å². The summed E-state index contributed by atoms with van der Waals surface area (Å²) in [6, 6.07) is 1.21.